The van der Waals surface area contributed by atoms with E-state index in [0.717, 1.165) is 27.3 Å². The third-order valence-electron chi connectivity index (χ3n) is 8.13. The molecular formula is C36H44N6O5S2. The number of nitrogens with two attached hydrogens (primary N) is 1. The van der Waals surface area contributed by atoms with Gasteiger partial charge < -0.3 is 27.0 Å². The third-order valence-corrected chi connectivity index (χ3v) is 10.1. The molecule has 1 aromatic heterocycles. The third kappa shape index (κ3) is 10.9. The summed E-state index contributed by atoms with van der Waals surface area (Å²) < 4.78 is 26.0. The van der Waals surface area contributed by atoms with Gasteiger partial charge in [-0.25, -0.2) is 8.42 Å². The lowest BCUT2D eigenvalue weighted by Crippen LogP contribution is -2.50. The van der Waals surface area contributed by atoms with Crippen molar-refractivity contribution < 1.29 is 22.8 Å². The predicted molar refractivity (Wildman–Crippen MR) is 196 cm³/mol. The van der Waals surface area contributed by atoms with E-state index in [1.165, 1.54) is 36.6 Å². The van der Waals surface area contributed by atoms with E-state index in [9.17, 15) is 22.8 Å². The van der Waals surface area contributed by atoms with E-state index in [0.29, 0.717) is 25.1 Å². The fourth-order valence-corrected chi connectivity index (χ4v) is 6.31. The maximum absolute atomic E-state index is 13.8. The van der Waals surface area contributed by atoms with Gasteiger partial charge in [0.2, 0.25) is 15.9 Å². The molecule has 0 aliphatic carbocycles. The van der Waals surface area contributed by atoms with Gasteiger partial charge in [-0.3, -0.25) is 18.7 Å². The SMILES string of the molecule is CC[C@H](NC[C@H](Cc1ccsc1)NC(=O)c1cc(C(=O)N[C@H](C)c2ccccc2)cc(N(C)S(C)(=O)=O)c1)C(=O)NCc1ccc(N)cc1. The Kier molecular flexibility index (Phi) is 12.9. The number of carbonyl (C=O) groups excluding carboxylic acids is 3. The molecule has 4 rings (SSSR count). The van der Waals surface area contributed by atoms with Crippen molar-refractivity contribution >= 4 is 50.5 Å². The molecule has 6 N–H and O–H groups in total. The molecular weight excluding hydrogens is 661 g/mol. The van der Waals surface area contributed by atoms with Crippen molar-refractivity contribution in [3.63, 3.8) is 0 Å². The number of amides is 3. The summed E-state index contributed by atoms with van der Waals surface area (Å²) in [5.41, 5.74) is 9.67. The molecule has 3 atom stereocenters. The van der Waals surface area contributed by atoms with E-state index in [4.69, 9.17) is 5.73 Å². The fourth-order valence-electron chi connectivity index (χ4n) is 5.14. The van der Waals surface area contributed by atoms with Gasteiger partial charge in [-0.15, -0.1) is 0 Å². The van der Waals surface area contributed by atoms with Gasteiger partial charge in [0.1, 0.15) is 0 Å². The molecule has 11 nitrogen and oxygen atoms in total. The summed E-state index contributed by atoms with van der Waals surface area (Å²) in [6.45, 7) is 4.38. The highest BCUT2D eigenvalue weighted by Crippen LogP contribution is 2.22. The monoisotopic (exact) mass is 704 g/mol. The van der Waals surface area contributed by atoms with Crippen molar-refractivity contribution in [2.24, 2.45) is 0 Å². The zero-order valence-electron chi connectivity index (χ0n) is 28.1. The number of thiophene rings is 1. The van der Waals surface area contributed by atoms with Crippen LogP contribution in [0.1, 0.15) is 63.7 Å². The van der Waals surface area contributed by atoms with Crippen LogP contribution < -0.4 is 31.3 Å². The summed E-state index contributed by atoms with van der Waals surface area (Å²) in [6.07, 6.45) is 2.05. The zero-order valence-corrected chi connectivity index (χ0v) is 29.7. The number of nitrogens with zero attached hydrogens (tertiary/aromatic N) is 1. The maximum atomic E-state index is 13.8. The van der Waals surface area contributed by atoms with Crippen molar-refractivity contribution in [2.45, 2.75) is 51.4 Å². The number of rotatable bonds is 16. The molecule has 1 heterocycles. The van der Waals surface area contributed by atoms with E-state index in [2.05, 4.69) is 21.3 Å². The zero-order chi connectivity index (χ0) is 35.6. The molecule has 0 radical (unpaired) electrons. The van der Waals surface area contributed by atoms with E-state index in [1.54, 1.807) is 12.1 Å². The number of hydrogen-bond donors (Lipinski definition) is 5. The van der Waals surface area contributed by atoms with Gasteiger partial charge in [-0.1, -0.05) is 49.4 Å². The second-order valence-corrected chi connectivity index (χ2v) is 14.7. The van der Waals surface area contributed by atoms with Crippen LogP contribution in [0.2, 0.25) is 0 Å². The number of hydrogen-bond acceptors (Lipinski definition) is 8. The highest BCUT2D eigenvalue weighted by atomic mass is 32.2. The summed E-state index contributed by atoms with van der Waals surface area (Å²) in [5, 5.41) is 16.2. The lowest BCUT2D eigenvalue weighted by molar-refractivity contribution is -0.123. The quantitative estimate of drug-likeness (QED) is 0.109. The average Bonchev–Trinajstić information content (AvgIpc) is 3.60. The molecule has 3 aromatic carbocycles. The first kappa shape index (κ1) is 37.1. The minimum atomic E-state index is -3.70. The van der Waals surface area contributed by atoms with E-state index in [1.807, 2.05) is 73.1 Å². The standard InChI is InChI=1S/C36H44N6O5S2/c1-5-33(36(45)39-21-25-11-13-30(37)14-12-25)38-22-31(17-26-15-16-48-23-26)41-35(44)29-18-28(19-32(20-29)42(3)49(4,46)47)34(43)40-24(2)27-9-7-6-8-10-27/h6-16,18-20,23-24,31,33,38H,5,17,21-22,37H2,1-4H3,(H,39,45)(H,40,43)(H,41,44)/t24-,31+,33+/m1/s1. The van der Waals surface area contributed by atoms with Gasteiger partial charge in [-0.2, -0.15) is 11.3 Å². The Balaban J connectivity index is 1.53. The Labute approximate surface area is 292 Å². The van der Waals surface area contributed by atoms with Crippen LogP contribution in [0.25, 0.3) is 0 Å². The van der Waals surface area contributed by atoms with Crippen LogP contribution in [0.5, 0.6) is 0 Å². The lowest BCUT2D eigenvalue weighted by Gasteiger charge is -2.24. The molecule has 13 heteroatoms. The number of sulfonamides is 1. The predicted octanol–water partition coefficient (Wildman–Crippen LogP) is 4.24. The molecule has 4 aromatic rings. The van der Waals surface area contributed by atoms with Gasteiger partial charge in [0, 0.05) is 43.0 Å². The normalized spacial score (nSPS) is 13.1. The first-order valence-electron chi connectivity index (χ1n) is 16.0. The lowest BCUT2D eigenvalue weighted by atomic mass is 10.0. The Bertz CT molecular complexity index is 1820. The van der Waals surface area contributed by atoms with Crippen molar-refractivity contribution in [1.82, 2.24) is 21.3 Å². The Morgan fingerprint density at radius 1 is 0.898 bits per heavy atom. The number of nitrogen functional groups attached to an aromatic ring is 1. The number of benzene rings is 3. The Hall–Kier alpha value is -4.72. The molecule has 0 saturated heterocycles. The van der Waals surface area contributed by atoms with Gasteiger partial charge >= 0.3 is 0 Å². The second kappa shape index (κ2) is 17.1. The van der Waals surface area contributed by atoms with Gasteiger partial charge in [0.25, 0.3) is 11.8 Å². The van der Waals surface area contributed by atoms with Crippen molar-refractivity contribution in [1.29, 1.82) is 0 Å². The van der Waals surface area contributed by atoms with Crippen molar-refractivity contribution in [3.8, 4) is 0 Å². The fraction of sp³-hybridized carbons (Fsp3) is 0.306. The number of carbonyl (C=O) groups is 3. The van der Waals surface area contributed by atoms with Crippen LogP contribution in [-0.4, -0.2) is 58.1 Å². The largest absolute Gasteiger partial charge is 0.399 e. The van der Waals surface area contributed by atoms with Gasteiger partial charge in [0.15, 0.2) is 0 Å². The summed E-state index contributed by atoms with van der Waals surface area (Å²) in [6, 6.07) is 21.7. The molecule has 0 unspecified atom stereocenters. The van der Waals surface area contributed by atoms with Crippen LogP contribution in [0.3, 0.4) is 0 Å². The molecule has 0 aliphatic rings. The van der Waals surface area contributed by atoms with Crippen LogP contribution in [0.15, 0.2) is 89.6 Å². The first-order chi connectivity index (χ1) is 23.3. The number of anilines is 2. The van der Waals surface area contributed by atoms with Crippen molar-refractivity contribution in [2.75, 3.05) is 29.9 Å². The minimum Gasteiger partial charge on any atom is -0.399 e. The van der Waals surface area contributed by atoms with Crippen LogP contribution in [0.4, 0.5) is 11.4 Å². The average molecular weight is 705 g/mol. The van der Waals surface area contributed by atoms with E-state index < -0.39 is 33.9 Å². The smallest absolute Gasteiger partial charge is 0.251 e. The molecule has 0 saturated carbocycles. The van der Waals surface area contributed by atoms with Crippen LogP contribution in [-0.2, 0) is 27.8 Å². The number of nitrogens with one attached hydrogen (secondary N) is 4. The molecule has 0 fully saturated rings. The maximum Gasteiger partial charge on any atom is 0.251 e. The Morgan fingerprint density at radius 3 is 2.14 bits per heavy atom. The molecule has 0 bridgehead atoms. The molecule has 0 spiro atoms. The van der Waals surface area contributed by atoms with Crippen molar-refractivity contribution in [3.05, 3.63) is 117 Å². The second-order valence-electron chi connectivity index (χ2n) is 11.9. The minimum absolute atomic E-state index is 0.120. The Morgan fingerprint density at radius 2 is 1.55 bits per heavy atom. The molecule has 49 heavy (non-hydrogen) atoms. The first-order valence-corrected chi connectivity index (χ1v) is 18.8. The highest BCUT2D eigenvalue weighted by Gasteiger charge is 2.23. The van der Waals surface area contributed by atoms with Crippen LogP contribution in [0, 0.1) is 0 Å². The van der Waals surface area contributed by atoms with E-state index in [-0.39, 0.29) is 35.3 Å². The highest BCUT2D eigenvalue weighted by molar-refractivity contribution is 7.92. The van der Waals surface area contributed by atoms with Gasteiger partial charge in [-0.05, 0) is 83.6 Å². The summed E-state index contributed by atoms with van der Waals surface area (Å²) in [7, 11) is -2.33. The summed E-state index contributed by atoms with van der Waals surface area (Å²) >= 11 is 1.54. The summed E-state index contributed by atoms with van der Waals surface area (Å²) in [5.74, 6) is -1.12. The van der Waals surface area contributed by atoms with Gasteiger partial charge in [0.05, 0.1) is 24.0 Å². The van der Waals surface area contributed by atoms with Crippen LogP contribution >= 0.6 is 11.3 Å². The molecule has 260 valence electrons. The topological polar surface area (TPSA) is 163 Å². The molecule has 3 amide bonds. The summed E-state index contributed by atoms with van der Waals surface area (Å²) in [4.78, 5) is 40.3. The molecule has 0 aliphatic heterocycles. The van der Waals surface area contributed by atoms with E-state index >= 15 is 0 Å².